The van der Waals surface area contributed by atoms with Crippen LogP contribution in [-0.4, -0.2) is 24.1 Å². The molecule has 0 aromatic carbocycles. The van der Waals surface area contributed by atoms with E-state index in [9.17, 15) is 9.59 Å². The average molecular weight is 210 g/mol. The second kappa shape index (κ2) is 6.71. The van der Waals surface area contributed by atoms with E-state index in [0.717, 1.165) is 0 Å². The Morgan fingerprint density at radius 2 is 2.13 bits per heavy atom. The van der Waals surface area contributed by atoms with Crippen LogP contribution in [0.15, 0.2) is 0 Å². The number of nitriles is 1. The lowest BCUT2D eigenvalue weighted by atomic mass is 10.0. The molecule has 5 heteroatoms. The van der Waals surface area contributed by atoms with E-state index < -0.39 is 24.3 Å². The van der Waals surface area contributed by atoms with Crippen LogP contribution in [0, 0.1) is 22.7 Å². The van der Waals surface area contributed by atoms with Crippen molar-refractivity contribution >= 4 is 17.5 Å². The van der Waals surface area contributed by atoms with Gasteiger partial charge in [0.05, 0.1) is 6.07 Å². The van der Waals surface area contributed by atoms with E-state index >= 15 is 0 Å². The predicted molar refractivity (Wildman–Crippen MR) is 53.4 cm³/mol. The van der Waals surface area contributed by atoms with Crippen LogP contribution in [-0.2, 0) is 14.3 Å². The summed E-state index contributed by atoms with van der Waals surface area (Å²) in [6, 6.07) is 1.69. The van der Waals surface area contributed by atoms with Gasteiger partial charge in [0.15, 0.2) is 12.4 Å². The minimum absolute atomic E-state index is 0.0333. The van der Waals surface area contributed by atoms with Gasteiger partial charge in [-0.05, 0) is 13.3 Å². The molecule has 0 unspecified atom stereocenters. The zero-order valence-electron chi connectivity index (χ0n) is 8.87. The van der Waals surface area contributed by atoms with Crippen LogP contribution in [0.4, 0.5) is 0 Å². The zero-order chi connectivity index (χ0) is 11.8. The molecule has 0 fully saturated rings. The van der Waals surface area contributed by atoms with Crippen LogP contribution < -0.4 is 0 Å². The van der Waals surface area contributed by atoms with Crippen molar-refractivity contribution in [2.75, 3.05) is 6.61 Å². The molecule has 0 rings (SSSR count). The molecule has 1 atom stereocenters. The summed E-state index contributed by atoms with van der Waals surface area (Å²) in [5, 5.41) is 15.7. The van der Waals surface area contributed by atoms with E-state index in [1.807, 2.05) is 6.92 Å². The normalized spacial score (nSPS) is 11.3. The number of rotatable bonds is 6. The van der Waals surface area contributed by atoms with Gasteiger partial charge in [0.1, 0.15) is 5.92 Å². The molecular formula is C10H14N2O3. The largest absolute Gasteiger partial charge is 0.458 e. The Morgan fingerprint density at radius 3 is 2.53 bits per heavy atom. The Hall–Kier alpha value is -1.70. The molecule has 15 heavy (non-hydrogen) atoms. The number of hydrogen-bond acceptors (Lipinski definition) is 5. The third-order valence-electron chi connectivity index (χ3n) is 1.71. The van der Waals surface area contributed by atoms with Gasteiger partial charge in [0.2, 0.25) is 0 Å². The summed E-state index contributed by atoms with van der Waals surface area (Å²) in [6.07, 6.45) is 0.909. The highest BCUT2D eigenvalue weighted by Crippen LogP contribution is 2.00. The maximum atomic E-state index is 11.3. The summed E-state index contributed by atoms with van der Waals surface area (Å²) in [6.45, 7) is 2.77. The fourth-order valence-corrected chi connectivity index (χ4v) is 0.922. The Bertz CT molecular complexity index is 304. The molecule has 1 N–H and O–H groups in total. The molecule has 0 heterocycles. The van der Waals surface area contributed by atoms with Gasteiger partial charge < -0.3 is 10.1 Å². The van der Waals surface area contributed by atoms with Crippen molar-refractivity contribution in [1.82, 2.24) is 0 Å². The first-order valence-corrected chi connectivity index (χ1v) is 4.65. The monoisotopic (exact) mass is 210 g/mol. The zero-order valence-corrected chi connectivity index (χ0v) is 8.87. The van der Waals surface area contributed by atoms with Crippen molar-refractivity contribution in [3.63, 3.8) is 0 Å². The van der Waals surface area contributed by atoms with Crippen LogP contribution in [0.3, 0.4) is 0 Å². The SMILES string of the molecule is CCCC(=O)OCC(=O)[C@H](C#N)C(C)=N. The lowest BCUT2D eigenvalue weighted by molar-refractivity contribution is -0.148. The molecule has 0 amide bonds. The first-order chi connectivity index (χ1) is 7.02. The van der Waals surface area contributed by atoms with Crippen LogP contribution in [0.5, 0.6) is 0 Å². The first kappa shape index (κ1) is 13.3. The highest BCUT2D eigenvalue weighted by atomic mass is 16.5. The van der Waals surface area contributed by atoms with E-state index in [2.05, 4.69) is 4.74 Å². The number of ketones is 1. The molecule has 0 saturated carbocycles. The van der Waals surface area contributed by atoms with Crippen molar-refractivity contribution < 1.29 is 14.3 Å². The summed E-state index contributed by atoms with van der Waals surface area (Å²) >= 11 is 0. The number of nitrogens with zero attached hydrogens (tertiary/aromatic N) is 1. The molecule has 0 aromatic rings. The molecular weight excluding hydrogens is 196 g/mol. The third kappa shape index (κ3) is 4.91. The highest BCUT2D eigenvalue weighted by molar-refractivity contribution is 6.05. The molecule has 0 radical (unpaired) electrons. The molecule has 0 saturated heterocycles. The van der Waals surface area contributed by atoms with Gasteiger partial charge in [0, 0.05) is 12.1 Å². The number of nitrogens with one attached hydrogen (secondary N) is 1. The van der Waals surface area contributed by atoms with E-state index in [1.54, 1.807) is 6.07 Å². The number of Topliss-reactive ketones (excluding diaryl/α,β-unsaturated/α-hetero) is 1. The molecule has 5 nitrogen and oxygen atoms in total. The van der Waals surface area contributed by atoms with Gasteiger partial charge in [-0.1, -0.05) is 6.92 Å². The standard InChI is InChI=1S/C10H14N2O3/c1-3-4-10(14)15-6-9(13)8(5-11)7(2)12/h8,12H,3-4,6H2,1-2H3/t8-/m1/s1. The fourth-order valence-electron chi connectivity index (χ4n) is 0.922. The van der Waals surface area contributed by atoms with Crippen LogP contribution >= 0.6 is 0 Å². The number of ether oxygens (including phenoxy) is 1. The summed E-state index contributed by atoms with van der Waals surface area (Å²) < 4.78 is 4.64. The Kier molecular flexibility index (Phi) is 5.95. The summed E-state index contributed by atoms with van der Waals surface area (Å²) in [4.78, 5) is 22.2. The Balaban J connectivity index is 4.09. The lowest BCUT2D eigenvalue weighted by Gasteiger charge is -2.06. The van der Waals surface area contributed by atoms with Gasteiger partial charge >= 0.3 is 5.97 Å². The lowest BCUT2D eigenvalue weighted by Crippen LogP contribution is -2.25. The summed E-state index contributed by atoms with van der Waals surface area (Å²) in [5.41, 5.74) is -0.0333. The van der Waals surface area contributed by atoms with Gasteiger partial charge in [-0.15, -0.1) is 0 Å². The number of carbonyl (C=O) groups is 2. The fraction of sp³-hybridized carbons (Fsp3) is 0.600. The molecule has 82 valence electrons. The number of esters is 1. The van der Waals surface area contributed by atoms with Crippen LogP contribution in [0.25, 0.3) is 0 Å². The van der Waals surface area contributed by atoms with Gasteiger partial charge in [-0.25, -0.2) is 0 Å². The molecule has 0 aliphatic heterocycles. The predicted octanol–water partition coefficient (Wildman–Crippen LogP) is 1.08. The van der Waals surface area contributed by atoms with E-state index in [4.69, 9.17) is 10.7 Å². The second-order valence-corrected chi connectivity index (χ2v) is 3.12. The average Bonchev–Trinajstić information content (AvgIpc) is 2.15. The first-order valence-electron chi connectivity index (χ1n) is 4.65. The van der Waals surface area contributed by atoms with E-state index in [0.29, 0.717) is 6.42 Å². The van der Waals surface area contributed by atoms with Crippen molar-refractivity contribution in [2.45, 2.75) is 26.7 Å². The number of hydrogen-bond donors (Lipinski definition) is 1. The molecule has 0 spiro atoms. The Labute approximate surface area is 88.5 Å². The summed E-state index contributed by atoms with van der Waals surface area (Å²) in [7, 11) is 0. The quantitative estimate of drug-likeness (QED) is 0.524. The minimum Gasteiger partial charge on any atom is -0.458 e. The molecule has 0 aliphatic rings. The van der Waals surface area contributed by atoms with Crippen molar-refractivity contribution in [3.8, 4) is 6.07 Å². The van der Waals surface area contributed by atoms with Crippen molar-refractivity contribution in [3.05, 3.63) is 0 Å². The summed E-state index contributed by atoms with van der Waals surface area (Å²) in [5.74, 6) is -2.10. The second-order valence-electron chi connectivity index (χ2n) is 3.12. The highest BCUT2D eigenvalue weighted by Gasteiger charge is 2.21. The third-order valence-corrected chi connectivity index (χ3v) is 1.71. The maximum Gasteiger partial charge on any atom is 0.306 e. The van der Waals surface area contributed by atoms with Crippen molar-refractivity contribution in [2.24, 2.45) is 5.92 Å². The smallest absolute Gasteiger partial charge is 0.306 e. The Morgan fingerprint density at radius 1 is 1.53 bits per heavy atom. The van der Waals surface area contributed by atoms with Gasteiger partial charge in [-0.3, -0.25) is 9.59 Å². The molecule has 0 aromatic heterocycles. The van der Waals surface area contributed by atoms with Crippen LogP contribution in [0.2, 0.25) is 0 Å². The minimum atomic E-state index is -1.10. The molecule has 0 aliphatic carbocycles. The van der Waals surface area contributed by atoms with E-state index in [1.165, 1.54) is 6.92 Å². The van der Waals surface area contributed by atoms with Gasteiger partial charge in [-0.2, -0.15) is 5.26 Å². The number of carbonyl (C=O) groups excluding carboxylic acids is 2. The van der Waals surface area contributed by atoms with Crippen LogP contribution in [0.1, 0.15) is 26.7 Å². The molecule has 0 bridgehead atoms. The van der Waals surface area contributed by atoms with Gasteiger partial charge in [0.25, 0.3) is 0 Å². The van der Waals surface area contributed by atoms with E-state index in [-0.39, 0.29) is 12.1 Å². The van der Waals surface area contributed by atoms with Crippen molar-refractivity contribution in [1.29, 1.82) is 10.7 Å². The maximum absolute atomic E-state index is 11.3. The topological polar surface area (TPSA) is 91.0 Å².